The highest BCUT2D eigenvalue weighted by Gasteiger charge is 2.22. The summed E-state index contributed by atoms with van der Waals surface area (Å²) in [6, 6.07) is 19.8. The number of benzene rings is 4. The van der Waals surface area contributed by atoms with E-state index in [4.69, 9.17) is 18.6 Å². The van der Waals surface area contributed by atoms with Crippen LogP contribution in [0.1, 0.15) is 39.5 Å². The Bertz CT molecular complexity index is 1940. The molecular weight excluding hydrogens is 572 g/mol. The number of carbonyl (C=O) groups excluding carboxylic acids is 1. The largest absolute Gasteiger partial charge is 0.508 e. The van der Waals surface area contributed by atoms with Gasteiger partial charge in [-0.1, -0.05) is 36.9 Å². The Morgan fingerprint density at radius 1 is 0.844 bits per heavy atom. The van der Waals surface area contributed by atoms with E-state index in [9.17, 15) is 20.1 Å². The summed E-state index contributed by atoms with van der Waals surface area (Å²) in [6.07, 6.45) is 7.19. The Kier molecular flexibility index (Phi) is 9.07. The van der Waals surface area contributed by atoms with Crippen molar-refractivity contribution in [3.63, 3.8) is 0 Å². The summed E-state index contributed by atoms with van der Waals surface area (Å²) in [5, 5.41) is 30.7. The first kappa shape index (κ1) is 30.7. The fourth-order valence-corrected chi connectivity index (χ4v) is 4.95. The Morgan fingerprint density at radius 2 is 1.60 bits per heavy atom. The number of esters is 1. The van der Waals surface area contributed by atoms with Gasteiger partial charge in [-0.3, -0.25) is 0 Å². The lowest BCUT2D eigenvalue weighted by Crippen LogP contribution is -2.10. The Balaban J connectivity index is 1.60. The average molecular weight is 605 g/mol. The number of phenols is 2. The molecule has 0 amide bonds. The highest BCUT2D eigenvalue weighted by molar-refractivity contribution is 5.95. The smallest absolute Gasteiger partial charge is 0.343 e. The van der Waals surface area contributed by atoms with Crippen molar-refractivity contribution in [2.75, 3.05) is 20.8 Å². The summed E-state index contributed by atoms with van der Waals surface area (Å²) < 4.78 is 23.2. The maximum absolute atomic E-state index is 13.0. The average Bonchev–Trinajstić information content (AvgIpc) is 3.48. The van der Waals surface area contributed by atoms with Crippen molar-refractivity contribution in [1.82, 2.24) is 0 Å². The van der Waals surface area contributed by atoms with Crippen LogP contribution in [-0.2, 0) is 0 Å². The van der Waals surface area contributed by atoms with E-state index in [1.165, 1.54) is 37.4 Å². The van der Waals surface area contributed by atoms with E-state index >= 15 is 0 Å². The van der Waals surface area contributed by atoms with Crippen LogP contribution in [0.25, 0.3) is 40.0 Å². The van der Waals surface area contributed by atoms with E-state index in [0.29, 0.717) is 45.1 Å². The Labute approximate surface area is 260 Å². The summed E-state index contributed by atoms with van der Waals surface area (Å²) in [5.74, 6) is 0.886. The molecule has 0 radical (unpaired) electrons. The molecule has 228 valence electrons. The minimum absolute atomic E-state index is 0.0315. The predicted molar refractivity (Wildman–Crippen MR) is 175 cm³/mol. The van der Waals surface area contributed by atoms with Gasteiger partial charge < -0.3 is 33.9 Å². The van der Waals surface area contributed by atoms with Gasteiger partial charge in [-0.15, -0.1) is 0 Å². The molecule has 1 heterocycles. The predicted octanol–water partition coefficient (Wildman–Crippen LogP) is 7.85. The van der Waals surface area contributed by atoms with Crippen LogP contribution in [0.3, 0.4) is 0 Å². The van der Waals surface area contributed by atoms with Crippen LogP contribution < -0.4 is 14.2 Å². The number of ether oxygens (including phenoxy) is 3. The molecule has 0 aliphatic rings. The van der Waals surface area contributed by atoms with Crippen LogP contribution >= 0.6 is 0 Å². The third-order valence-corrected chi connectivity index (χ3v) is 7.14. The zero-order valence-corrected chi connectivity index (χ0v) is 25.0. The van der Waals surface area contributed by atoms with Gasteiger partial charge in [-0.2, -0.15) is 0 Å². The van der Waals surface area contributed by atoms with Crippen LogP contribution in [0.15, 0.2) is 95.9 Å². The third-order valence-electron chi connectivity index (χ3n) is 7.14. The van der Waals surface area contributed by atoms with E-state index in [0.717, 1.165) is 16.5 Å². The van der Waals surface area contributed by atoms with Crippen molar-refractivity contribution in [2.24, 2.45) is 0 Å². The number of hydrogen-bond acceptors (Lipinski definition) is 8. The minimum atomic E-state index is -0.619. The number of allylic oxidation sites excluding steroid dienone is 1. The van der Waals surface area contributed by atoms with Gasteiger partial charge in [-0.25, -0.2) is 4.79 Å². The van der Waals surface area contributed by atoms with Crippen molar-refractivity contribution >= 4 is 34.7 Å². The Morgan fingerprint density at radius 3 is 2.29 bits per heavy atom. The molecule has 0 aliphatic carbocycles. The van der Waals surface area contributed by atoms with E-state index < -0.39 is 5.97 Å². The number of phenolic OH excluding ortho intramolecular Hbond substituents is 2. The van der Waals surface area contributed by atoms with E-state index in [2.05, 4.69) is 6.58 Å². The molecule has 3 N–H and O–H groups in total. The van der Waals surface area contributed by atoms with Gasteiger partial charge in [0.25, 0.3) is 0 Å². The summed E-state index contributed by atoms with van der Waals surface area (Å²) in [7, 11) is 3.04. The number of methoxy groups -OCH3 is 2. The number of aromatic hydroxyl groups is 2. The standard InChI is InChI=1S/C37H32O8/c1-5-7-23-9-14-32(45-37(41)25-10-12-27(39)13-11-25)29(17-23)22(2)28-20-30(33(42-3)21-31(28)40)34-19-26-16-24(8-6-15-38)18-35(43-4)36(26)44-34/h5-14,16-21,38-40H,2,15H2,1,3-4H3/b7-5+,8-6+. The van der Waals surface area contributed by atoms with Gasteiger partial charge >= 0.3 is 5.97 Å². The van der Waals surface area contributed by atoms with Gasteiger partial charge in [0.15, 0.2) is 11.3 Å². The van der Waals surface area contributed by atoms with E-state index in [1.54, 1.807) is 37.5 Å². The number of rotatable bonds is 10. The van der Waals surface area contributed by atoms with Gasteiger partial charge in [0, 0.05) is 22.6 Å². The molecule has 8 heteroatoms. The fraction of sp³-hybridized carbons (Fsp3) is 0.108. The summed E-state index contributed by atoms with van der Waals surface area (Å²) >= 11 is 0. The summed E-state index contributed by atoms with van der Waals surface area (Å²) in [5.41, 5.74) is 4.22. The van der Waals surface area contributed by atoms with Crippen LogP contribution in [0.4, 0.5) is 0 Å². The minimum Gasteiger partial charge on any atom is -0.508 e. The second-order valence-electron chi connectivity index (χ2n) is 10.1. The molecular formula is C37H32O8. The van der Waals surface area contributed by atoms with Gasteiger partial charge in [-0.05, 0) is 84.3 Å². The van der Waals surface area contributed by atoms with Crippen molar-refractivity contribution in [2.45, 2.75) is 6.92 Å². The SMILES string of the molecule is C=C(c1cc(-c2cc3cc(/C=C/CO)cc(OC)c3o2)c(OC)cc1O)c1cc(/C=C/C)ccc1OC(=O)c1ccc(O)cc1. The fourth-order valence-electron chi connectivity index (χ4n) is 4.95. The zero-order valence-electron chi connectivity index (χ0n) is 25.0. The number of furan rings is 1. The molecule has 0 bridgehead atoms. The monoisotopic (exact) mass is 604 g/mol. The number of carbonyl (C=O) groups is 1. The van der Waals surface area contributed by atoms with Crippen molar-refractivity contribution < 1.29 is 38.7 Å². The number of fused-ring (bicyclic) bond motifs is 1. The van der Waals surface area contributed by atoms with Crippen LogP contribution in [0.5, 0.6) is 28.7 Å². The normalized spacial score (nSPS) is 11.4. The molecule has 5 rings (SSSR count). The second kappa shape index (κ2) is 13.3. The topological polar surface area (TPSA) is 119 Å². The van der Waals surface area contributed by atoms with Crippen LogP contribution in [-0.4, -0.2) is 42.1 Å². The highest BCUT2D eigenvalue weighted by atomic mass is 16.5. The third kappa shape index (κ3) is 6.46. The molecule has 0 spiro atoms. The lowest BCUT2D eigenvalue weighted by atomic mass is 9.94. The molecule has 1 aromatic heterocycles. The van der Waals surface area contributed by atoms with Gasteiger partial charge in [0.05, 0.1) is 32.0 Å². The number of hydrogen-bond donors (Lipinski definition) is 3. The first-order valence-corrected chi connectivity index (χ1v) is 14.0. The Hall–Kier alpha value is -5.73. The van der Waals surface area contributed by atoms with Gasteiger partial charge in [0.1, 0.15) is 28.8 Å². The second-order valence-corrected chi connectivity index (χ2v) is 10.1. The quantitative estimate of drug-likeness (QED) is 0.109. The molecule has 5 aromatic rings. The molecule has 0 unspecified atom stereocenters. The van der Waals surface area contributed by atoms with Gasteiger partial charge in [0.2, 0.25) is 0 Å². The van der Waals surface area contributed by atoms with Crippen molar-refractivity contribution in [1.29, 1.82) is 0 Å². The lowest BCUT2D eigenvalue weighted by Gasteiger charge is -2.17. The number of aliphatic hydroxyl groups excluding tert-OH is 1. The number of aliphatic hydroxyl groups is 1. The zero-order chi connectivity index (χ0) is 32.1. The molecule has 45 heavy (non-hydrogen) atoms. The highest BCUT2D eigenvalue weighted by Crippen LogP contribution is 2.44. The molecule has 4 aromatic carbocycles. The van der Waals surface area contributed by atoms with E-state index in [-0.39, 0.29) is 29.4 Å². The van der Waals surface area contributed by atoms with Crippen LogP contribution in [0.2, 0.25) is 0 Å². The lowest BCUT2D eigenvalue weighted by molar-refractivity contribution is 0.0734. The van der Waals surface area contributed by atoms with Crippen molar-refractivity contribution in [3.05, 3.63) is 119 Å². The molecule has 0 saturated carbocycles. The molecule has 0 atom stereocenters. The van der Waals surface area contributed by atoms with E-state index in [1.807, 2.05) is 43.3 Å². The summed E-state index contributed by atoms with van der Waals surface area (Å²) in [6.45, 7) is 6.08. The molecule has 0 saturated heterocycles. The molecule has 0 fully saturated rings. The summed E-state index contributed by atoms with van der Waals surface area (Å²) in [4.78, 5) is 13.0. The maximum atomic E-state index is 13.0. The maximum Gasteiger partial charge on any atom is 0.343 e. The first-order chi connectivity index (χ1) is 21.8. The van der Waals surface area contributed by atoms with Crippen molar-refractivity contribution in [3.8, 4) is 40.1 Å². The molecule has 0 aliphatic heterocycles. The van der Waals surface area contributed by atoms with Crippen LogP contribution in [0, 0.1) is 0 Å². The first-order valence-electron chi connectivity index (χ1n) is 14.0. The molecule has 8 nitrogen and oxygen atoms in total.